The Morgan fingerprint density at radius 1 is 1.27 bits per heavy atom. The Bertz CT molecular complexity index is 574. The third kappa shape index (κ3) is 3.10. The van der Waals surface area contributed by atoms with Crippen molar-refractivity contribution in [1.29, 1.82) is 0 Å². The molecule has 2 aliphatic rings. The summed E-state index contributed by atoms with van der Waals surface area (Å²) in [7, 11) is 0. The molecule has 1 unspecified atom stereocenters. The van der Waals surface area contributed by atoms with Crippen molar-refractivity contribution in [2.24, 2.45) is 5.11 Å². The summed E-state index contributed by atoms with van der Waals surface area (Å²) in [5.74, 6) is 0.605. The lowest BCUT2D eigenvalue weighted by Gasteiger charge is -2.29. The van der Waals surface area contributed by atoms with Gasteiger partial charge in [0, 0.05) is 42.5 Å². The molecule has 1 atom stereocenters. The van der Waals surface area contributed by atoms with Crippen LogP contribution in [-0.2, 0) is 4.74 Å². The van der Waals surface area contributed by atoms with E-state index in [1.54, 1.807) is 0 Å². The van der Waals surface area contributed by atoms with Crippen LogP contribution in [0.1, 0.15) is 0 Å². The van der Waals surface area contributed by atoms with Gasteiger partial charge >= 0.3 is 0 Å². The monoisotopic (exact) mass is 300 g/mol. The summed E-state index contributed by atoms with van der Waals surface area (Å²) in [4.78, 5) is 7.16. The molecule has 2 saturated heterocycles. The van der Waals surface area contributed by atoms with Crippen molar-refractivity contribution in [1.82, 2.24) is 5.32 Å². The predicted octanol–water partition coefficient (Wildman–Crippen LogP) is 2.08. The molecule has 0 bridgehead atoms. The van der Waals surface area contributed by atoms with Gasteiger partial charge in [-0.15, -0.1) is 0 Å². The number of nitrogens with one attached hydrogen (secondary N) is 1. The number of anilines is 2. The number of piperazine rings is 1. The van der Waals surface area contributed by atoms with Crippen molar-refractivity contribution in [2.45, 2.75) is 6.10 Å². The average molecular weight is 300 g/mol. The molecular formula is C15H20N6O. The Labute approximate surface area is 129 Å². The van der Waals surface area contributed by atoms with Gasteiger partial charge in [0.1, 0.15) is 6.10 Å². The molecule has 1 aromatic carbocycles. The smallest absolute Gasteiger partial charge is 0.186 e. The summed E-state index contributed by atoms with van der Waals surface area (Å²) in [6.07, 6.45) is -0.128. The molecule has 3 rings (SSSR count). The van der Waals surface area contributed by atoms with E-state index in [4.69, 9.17) is 10.3 Å². The molecule has 22 heavy (non-hydrogen) atoms. The van der Waals surface area contributed by atoms with Gasteiger partial charge in [-0.25, -0.2) is 0 Å². The molecule has 0 radical (unpaired) electrons. The van der Waals surface area contributed by atoms with Gasteiger partial charge in [0.05, 0.1) is 13.1 Å². The van der Waals surface area contributed by atoms with Crippen LogP contribution >= 0.6 is 0 Å². The summed E-state index contributed by atoms with van der Waals surface area (Å²) in [5, 5.41) is 6.92. The molecule has 0 amide bonds. The number of benzene rings is 1. The minimum absolute atomic E-state index is 0.128. The lowest BCUT2D eigenvalue weighted by Crippen LogP contribution is -2.43. The molecule has 116 valence electrons. The van der Waals surface area contributed by atoms with Gasteiger partial charge in [-0.05, 0) is 36.4 Å². The zero-order chi connectivity index (χ0) is 15.4. The Morgan fingerprint density at radius 2 is 1.95 bits per heavy atom. The molecule has 2 aliphatic heterocycles. The second kappa shape index (κ2) is 6.60. The lowest BCUT2D eigenvalue weighted by atomic mass is 10.2. The molecule has 7 nitrogen and oxygen atoms in total. The van der Waals surface area contributed by atoms with E-state index in [1.807, 2.05) is 4.90 Å². The first-order valence-corrected chi connectivity index (χ1v) is 7.47. The first-order valence-electron chi connectivity index (χ1n) is 7.47. The van der Waals surface area contributed by atoms with Gasteiger partial charge in [0.25, 0.3) is 0 Å². The quantitative estimate of drug-likeness (QED) is 0.525. The number of nitrogens with zero attached hydrogens (tertiary/aromatic N) is 5. The van der Waals surface area contributed by atoms with Crippen LogP contribution in [0.25, 0.3) is 10.4 Å². The van der Waals surface area contributed by atoms with Gasteiger partial charge in [-0.3, -0.25) is 0 Å². The summed E-state index contributed by atoms with van der Waals surface area (Å²) in [5.41, 5.74) is 10.7. The Morgan fingerprint density at radius 3 is 2.64 bits per heavy atom. The molecule has 1 aromatic rings. The van der Waals surface area contributed by atoms with E-state index in [9.17, 15) is 0 Å². The number of ether oxygens (including phenoxy) is 1. The zero-order valence-electron chi connectivity index (χ0n) is 12.5. The molecule has 7 heteroatoms. The number of hydrogen-bond donors (Lipinski definition) is 1. The van der Waals surface area contributed by atoms with Gasteiger partial charge in [0.2, 0.25) is 0 Å². The van der Waals surface area contributed by atoms with Crippen molar-refractivity contribution in [2.75, 3.05) is 49.1 Å². The van der Waals surface area contributed by atoms with E-state index in [1.165, 1.54) is 5.69 Å². The number of azide groups is 1. The van der Waals surface area contributed by atoms with E-state index in [2.05, 4.69) is 51.1 Å². The first kappa shape index (κ1) is 14.6. The van der Waals surface area contributed by atoms with Gasteiger partial charge in [-0.2, -0.15) is 0 Å². The number of hydrogen-bond acceptors (Lipinski definition) is 5. The third-order valence-corrected chi connectivity index (χ3v) is 3.98. The first-order chi connectivity index (χ1) is 10.8. The lowest BCUT2D eigenvalue weighted by molar-refractivity contribution is 0.176. The minimum Gasteiger partial charge on any atom is -0.474 e. The van der Waals surface area contributed by atoms with Crippen LogP contribution in [0.3, 0.4) is 0 Å². The predicted molar refractivity (Wildman–Crippen MR) is 86.9 cm³/mol. The van der Waals surface area contributed by atoms with Crippen LogP contribution in [0, 0.1) is 0 Å². The van der Waals surface area contributed by atoms with Gasteiger partial charge < -0.3 is 19.9 Å². The van der Waals surface area contributed by atoms with Crippen molar-refractivity contribution in [3.8, 4) is 0 Å². The van der Waals surface area contributed by atoms with E-state index >= 15 is 0 Å². The third-order valence-electron chi connectivity index (χ3n) is 3.98. The average Bonchev–Trinajstić information content (AvgIpc) is 2.95. The van der Waals surface area contributed by atoms with Crippen molar-refractivity contribution < 1.29 is 4.74 Å². The zero-order valence-corrected chi connectivity index (χ0v) is 12.5. The fourth-order valence-electron chi connectivity index (χ4n) is 2.84. The molecule has 0 spiro atoms. The molecule has 0 aliphatic carbocycles. The standard InChI is InChI=1S/C15H20N6O/c1-12-21(11-15(22-12)10-18-19-16)14-4-2-13(3-5-14)20-8-6-17-7-9-20/h2-5,15,17H,1,6-11H2. The highest BCUT2D eigenvalue weighted by atomic mass is 16.5. The van der Waals surface area contributed by atoms with Gasteiger partial charge in [0.15, 0.2) is 5.88 Å². The molecule has 0 saturated carbocycles. The maximum Gasteiger partial charge on any atom is 0.186 e. The normalized spacial score (nSPS) is 21.5. The largest absolute Gasteiger partial charge is 0.474 e. The fraction of sp³-hybridized carbons (Fsp3) is 0.467. The highest BCUT2D eigenvalue weighted by molar-refractivity contribution is 5.59. The Hall–Kier alpha value is -2.37. The summed E-state index contributed by atoms with van der Waals surface area (Å²) in [6.45, 7) is 9.04. The second-order valence-corrected chi connectivity index (χ2v) is 5.41. The fourth-order valence-corrected chi connectivity index (χ4v) is 2.84. The molecule has 2 heterocycles. The van der Waals surface area contributed by atoms with Crippen LogP contribution in [-0.4, -0.2) is 45.4 Å². The van der Waals surface area contributed by atoms with Gasteiger partial charge in [-0.1, -0.05) is 5.11 Å². The minimum atomic E-state index is -0.128. The van der Waals surface area contributed by atoms with E-state index in [-0.39, 0.29) is 6.10 Å². The van der Waals surface area contributed by atoms with E-state index < -0.39 is 0 Å². The highest BCUT2D eigenvalue weighted by Crippen LogP contribution is 2.28. The topological polar surface area (TPSA) is 76.5 Å². The van der Waals surface area contributed by atoms with Crippen LogP contribution in [0.2, 0.25) is 0 Å². The summed E-state index contributed by atoms with van der Waals surface area (Å²) < 4.78 is 5.62. The maximum absolute atomic E-state index is 8.39. The SMILES string of the molecule is C=C1OC(CN=[N+]=[N-])CN1c1ccc(N2CCNCC2)cc1. The highest BCUT2D eigenvalue weighted by Gasteiger charge is 2.27. The maximum atomic E-state index is 8.39. The molecular weight excluding hydrogens is 280 g/mol. The second-order valence-electron chi connectivity index (χ2n) is 5.41. The number of rotatable bonds is 4. The van der Waals surface area contributed by atoms with Crippen LogP contribution in [0.4, 0.5) is 11.4 Å². The van der Waals surface area contributed by atoms with Crippen molar-refractivity contribution in [3.63, 3.8) is 0 Å². The van der Waals surface area contributed by atoms with Crippen LogP contribution in [0.15, 0.2) is 41.8 Å². The summed E-state index contributed by atoms with van der Waals surface area (Å²) >= 11 is 0. The molecule has 0 aromatic heterocycles. The van der Waals surface area contributed by atoms with Crippen LogP contribution in [0.5, 0.6) is 0 Å². The Balaban J connectivity index is 1.67. The summed E-state index contributed by atoms with van der Waals surface area (Å²) in [6, 6.07) is 8.44. The van der Waals surface area contributed by atoms with E-state index in [0.717, 1.165) is 31.9 Å². The molecule has 1 N–H and O–H groups in total. The van der Waals surface area contributed by atoms with E-state index in [0.29, 0.717) is 19.0 Å². The Kier molecular flexibility index (Phi) is 4.37. The molecule has 2 fully saturated rings. The van der Waals surface area contributed by atoms with Crippen LogP contribution < -0.4 is 15.1 Å². The van der Waals surface area contributed by atoms with Crippen molar-refractivity contribution in [3.05, 3.63) is 47.2 Å². The van der Waals surface area contributed by atoms with Crippen molar-refractivity contribution >= 4 is 11.4 Å².